The molecule has 0 aliphatic rings. The normalized spacial score (nSPS) is 12.9. The first-order valence-electron chi connectivity index (χ1n) is 6.06. The third kappa shape index (κ3) is 8.43. The van der Waals surface area contributed by atoms with Gasteiger partial charge in [0.1, 0.15) is 0 Å². The van der Waals surface area contributed by atoms with Crippen molar-refractivity contribution >= 4 is 5.91 Å². The molecule has 0 rings (SSSR count). The Morgan fingerprint density at radius 3 is 2.47 bits per heavy atom. The SMILES string of the molecule is CCC(CCN)CNC(=O)CCC(C)C. The monoisotopic (exact) mass is 214 g/mol. The maximum Gasteiger partial charge on any atom is 0.220 e. The van der Waals surface area contributed by atoms with Gasteiger partial charge in [-0.3, -0.25) is 4.79 Å². The van der Waals surface area contributed by atoms with E-state index in [0.717, 1.165) is 25.8 Å². The van der Waals surface area contributed by atoms with Crippen LogP contribution in [-0.2, 0) is 4.79 Å². The molecule has 0 heterocycles. The van der Waals surface area contributed by atoms with Gasteiger partial charge in [-0.2, -0.15) is 0 Å². The van der Waals surface area contributed by atoms with Gasteiger partial charge in [0, 0.05) is 13.0 Å². The summed E-state index contributed by atoms with van der Waals surface area (Å²) in [5.74, 6) is 1.32. The van der Waals surface area contributed by atoms with Crippen molar-refractivity contribution in [2.75, 3.05) is 13.1 Å². The average molecular weight is 214 g/mol. The number of carbonyl (C=O) groups is 1. The highest BCUT2D eigenvalue weighted by Crippen LogP contribution is 2.06. The van der Waals surface area contributed by atoms with E-state index in [1.807, 2.05) is 0 Å². The zero-order chi connectivity index (χ0) is 11.7. The number of nitrogens with two attached hydrogens (primary N) is 1. The molecule has 1 atom stereocenters. The van der Waals surface area contributed by atoms with Crippen molar-refractivity contribution in [3.63, 3.8) is 0 Å². The number of hydrogen-bond donors (Lipinski definition) is 2. The second kappa shape index (κ2) is 8.72. The summed E-state index contributed by atoms with van der Waals surface area (Å²) in [5.41, 5.74) is 5.50. The molecule has 0 bridgehead atoms. The molecular formula is C12H26N2O. The zero-order valence-corrected chi connectivity index (χ0v) is 10.4. The van der Waals surface area contributed by atoms with Crippen molar-refractivity contribution in [1.29, 1.82) is 0 Å². The molecule has 3 nitrogen and oxygen atoms in total. The van der Waals surface area contributed by atoms with Crippen LogP contribution in [-0.4, -0.2) is 19.0 Å². The lowest BCUT2D eigenvalue weighted by molar-refractivity contribution is -0.121. The van der Waals surface area contributed by atoms with E-state index in [9.17, 15) is 4.79 Å². The smallest absolute Gasteiger partial charge is 0.220 e. The molecule has 1 unspecified atom stereocenters. The van der Waals surface area contributed by atoms with Gasteiger partial charge >= 0.3 is 0 Å². The van der Waals surface area contributed by atoms with E-state index in [-0.39, 0.29) is 5.91 Å². The molecule has 3 heteroatoms. The van der Waals surface area contributed by atoms with Crippen LogP contribution in [0.2, 0.25) is 0 Å². The first kappa shape index (κ1) is 14.4. The van der Waals surface area contributed by atoms with Crippen LogP contribution in [0.15, 0.2) is 0 Å². The Morgan fingerprint density at radius 1 is 1.33 bits per heavy atom. The minimum Gasteiger partial charge on any atom is -0.356 e. The van der Waals surface area contributed by atoms with Crippen molar-refractivity contribution in [1.82, 2.24) is 5.32 Å². The van der Waals surface area contributed by atoms with Crippen LogP contribution in [0.3, 0.4) is 0 Å². The van der Waals surface area contributed by atoms with E-state index < -0.39 is 0 Å². The maximum atomic E-state index is 11.4. The lowest BCUT2D eigenvalue weighted by atomic mass is 10.0. The van der Waals surface area contributed by atoms with Gasteiger partial charge < -0.3 is 11.1 Å². The topological polar surface area (TPSA) is 55.1 Å². The van der Waals surface area contributed by atoms with Crippen molar-refractivity contribution in [2.24, 2.45) is 17.6 Å². The second-order valence-corrected chi connectivity index (χ2v) is 4.59. The Balaban J connectivity index is 3.59. The van der Waals surface area contributed by atoms with Gasteiger partial charge in [0.2, 0.25) is 5.91 Å². The van der Waals surface area contributed by atoms with Gasteiger partial charge in [-0.15, -0.1) is 0 Å². The summed E-state index contributed by atoms with van der Waals surface area (Å²) < 4.78 is 0. The predicted octanol–water partition coefficient (Wildman–Crippen LogP) is 1.91. The van der Waals surface area contributed by atoms with Gasteiger partial charge in [-0.25, -0.2) is 0 Å². The summed E-state index contributed by atoms with van der Waals surface area (Å²) in [6.07, 6.45) is 3.71. The van der Waals surface area contributed by atoms with Crippen LogP contribution in [0.5, 0.6) is 0 Å². The van der Waals surface area contributed by atoms with Crippen molar-refractivity contribution < 1.29 is 4.79 Å². The summed E-state index contributed by atoms with van der Waals surface area (Å²) in [4.78, 5) is 11.4. The van der Waals surface area contributed by atoms with Gasteiger partial charge in [0.05, 0.1) is 0 Å². The van der Waals surface area contributed by atoms with Crippen LogP contribution in [0.4, 0.5) is 0 Å². The lowest BCUT2D eigenvalue weighted by Crippen LogP contribution is -2.30. The van der Waals surface area contributed by atoms with Crippen LogP contribution >= 0.6 is 0 Å². The summed E-state index contributed by atoms with van der Waals surface area (Å²) >= 11 is 0. The maximum absolute atomic E-state index is 11.4. The molecule has 90 valence electrons. The fraction of sp³-hybridized carbons (Fsp3) is 0.917. The number of rotatable bonds is 8. The number of carbonyl (C=O) groups excluding carboxylic acids is 1. The van der Waals surface area contributed by atoms with Gasteiger partial charge in [0.15, 0.2) is 0 Å². The largest absolute Gasteiger partial charge is 0.356 e. The van der Waals surface area contributed by atoms with Crippen LogP contribution in [0.1, 0.15) is 46.5 Å². The Hall–Kier alpha value is -0.570. The summed E-state index contributed by atoms with van der Waals surface area (Å²) in [5, 5.41) is 2.98. The van der Waals surface area contributed by atoms with E-state index in [2.05, 4.69) is 26.1 Å². The third-order valence-electron chi connectivity index (χ3n) is 2.69. The first-order chi connectivity index (χ1) is 7.10. The molecule has 0 fully saturated rings. The highest BCUT2D eigenvalue weighted by atomic mass is 16.1. The number of hydrogen-bond acceptors (Lipinski definition) is 2. The fourth-order valence-electron chi connectivity index (χ4n) is 1.45. The quantitative estimate of drug-likeness (QED) is 0.648. The Bertz CT molecular complexity index is 169. The number of amides is 1. The molecule has 0 aliphatic carbocycles. The minimum absolute atomic E-state index is 0.180. The van der Waals surface area contributed by atoms with Crippen molar-refractivity contribution in [3.8, 4) is 0 Å². The van der Waals surface area contributed by atoms with Gasteiger partial charge in [-0.1, -0.05) is 27.2 Å². The highest BCUT2D eigenvalue weighted by molar-refractivity contribution is 5.75. The molecule has 0 radical (unpaired) electrons. The average Bonchev–Trinajstić information content (AvgIpc) is 2.21. The molecule has 15 heavy (non-hydrogen) atoms. The summed E-state index contributed by atoms with van der Waals surface area (Å²) in [6, 6.07) is 0. The van der Waals surface area contributed by atoms with E-state index in [4.69, 9.17) is 5.73 Å². The van der Waals surface area contributed by atoms with Crippen molar-refractivity contribution in [3.05, 3.63) is 0 Å². The van der Waals surface area contributed by atoms with E-state index in [1.165, 1.54) is 0 Å². The Kier molecular flexibility index (Phi) is 8.38. The zero-order valence-electron chi connectivity index (χ0n) is 10.4. The van der Waals surface area contributed by atoms with Crippen LogP contribution in [0, 0.1) is 11.8 Å². The molecule has 0 saturated heterocycles. The minimum atomic E-state index is 0.180. The molecule has 1 amide bonds. The van der Waals surface area contributed by atoms with Crippen LogP contribution < -0.4 is 11.1 Å². The third-order valence-corrected chi connectivity index (χ3v) is 2.69. The number of nitrogens with one attached hydrogen (secondary N) is 1. The van der Waals surface area contributed by atoms with Gasteiger partial charge in [-0.05, 0) is 31.2 Å². The van der Waals surface area contributed by atoms with Crippen LogP contribution in [0.25, 0.3) is 0 Å². The van der Waals surface area contributed by atoms with Crippen molar-refractivity contribution in [2.45, 2.75) is 46.5 Å². The summed E-state index contributed by atoms with van der Waals surface area (Å²) in [6.45, 7) is 7.90. The molecule has 0 aliphatic heterocycles. The fourth-order valence-corrected chi connectivity index (χ4v) is 1.45. The standard InChI is InChI=1S/C12H26N2O/c1-4-11(7-8-13)9-14-12(15)6-5-10(2)3/h10-11H,4-9,13H2,1-3H3,(H,14,15). The first-order valence-corrected chi connectivity index (χ1v) is 6.06. The molecule has 0 saturated carbocycles. The molecule has 0 aromatic heterocycles. The molecule has 0 spiro atoms. The second-order valence-electron chi connectivity index (χ2n) is 4.59. The molecule has 0 aromatic carbocycles. The van der Waals surface area contributed by atoms with E-state index in [0.29, 0.717) is 24.8 Å². The molecular weight excluding hydrogens is 188 g/mol. The summed E-state index contributed by atoms with van der Waals surface area (Å²) in [7, 11) is 0. The Labute approximate surface area is 93.8 Å². The van der Waals surface area contributed by atoms with Gasteiger partial charge in [0.25, 0.3) is 0 Å². The molecule has 0 aromatic rings. The van der Waals surface area contributed by atoms with E-state index >= 15 is 0 Å². The van der Waals surface area contributed by atoms with E-state index in [1.54, 1.807) is 0 Å². The predicted molar refractivity (Wildman–Crippen MR) is 64.5 cm³/mol. The lowest BCUT2D eigenvalue weighted by Gasteiger charge is -2.14. The highest BCUT2D eigenvalue weighted by Gasteiger charge is 2.08. The Morgan fingerprint density at radius 2 is 2.00 bits per heavy atom. The molecule has 3 N–H and O–H groups in total.